The third kappa shape index (κ3) is 5.67. The molecule has 2 N–H and O–H groups in total. The van der Waals surface area contributed by atoms with Crippen molar-refractivity contribution in [3.05, 3.63) is 0 Å². The highest BCUT2D eigenvalue weighted by molar-refractivity contribution is 4.87. The Kier molecular flexibility index (Phi) is 6.93. The van der Waals surface area contributed by atoms with Crippen LogP contribution in [0.5, 0.6) is 0 Å². The third-order valence-electron chi connectivity index (χ3n) is 6.06. The number of ether oxygens (including phenoxy) is 1. The van der Waals surface area contributed by atoms with E-state index in [-0.39, 0.29) is 0 Å². The maximum Gasteiger partial charge on any atom is 0.0869 e. The molecule has 3 fully saturated rings. The van der Waals surface area contributed by atoms with Gasteiger partial charge in [0, 0.05) is 38.3 Å². The molecule has 1 unspecified atom stereocenters. The van der Waals surface area contributed by atoms with Crippen molar-refractivity contribution < 1.29 is 9.84 Å². The number of β-amino-alcohol motifs (C(OH)–C–C–N with tert-alkyl or cyclic N) is 1. The fourth-order valence-corrected chi connectivity index (χ4v) is 4.58. The summed E-state index contributed by atoms with van der Waals surface area (Å²) in [6.45, 7) is 9.33. The standard InChI is InChI=1S/C19H37N3O2/c1-19(23,16-21-11-13-24-14-12-21)15-20-17-7-9-22(10-8-17)18-5-3-2-4-6-18/h17-18,20,23H,2-16H2,1H3. The molecule has 0 aromatic rings. The molecular weight excluding hydrogens is 302 g/mol. The molecule has 3 rings (SSSR count). The largest absolute Gasteiger partial charge is 0.388 e. The summed E-state index contributed by atoms with van der Waals surface area (Å²) in [5.74, 6) is 0. The first-order chi connectivity index (χ1) is 11.6. The second kappa shape index (κ2) is 8.95. The molecule has 140 valence electrons. The van der Waals surface area contributed by atoms with E-state index in [2.05, 4.69) is 15.1 Å². The van der Waals surface area contributed by atoms with Crippen molar-refractivity contribution in [3.8, 4) is 0 Å². The van der Waals surface area contributed by atoms with Gasteiger partial charge in [0.15, 0.2) is 0 Å². The number of piperidine rings is 1. The Labute approximate surface area is 147 Å². The topological polar surface area (TPSA) is 48.0 Å². The van der Waals surface area contributed by atoms with E-state index in [1.807, 2.05) is 6.92 Å². The number of hydrogen-bond acceptors (Lipinski definition) is 5. The smallest absolute Gasteiger partial charge is 0.0869 e. The molecule has 1 atom stereocenters. The van der Waals surface area contributed by atoms with E-state index in [1.165, 1.54) is 58.0 Å². The lowest BCUT2D eigenvalue weighted by molar-refractivity contribution is -0.0239. The van der Waals surface area contributed by atoms with Crippen LogP contribution in [0.1, 0.15) is 51.9 Å². The maximum absolute atomic E-state index is 10.7. The fraction of sp³-hybridized carbons (Fsp3) is 1.00. The van der Waals surface area contributed by atoms with Crippen molar-refractivity contribution in [1.29, 1.82) is 0 Å². The minimum Gasteiger partial charge on any atom is -0.388 e. The summed E-state index contributed by atoms with van der Waals surface area (Å²) in [5, 5.41) is 14.3. The summed E-state index contributed by atoms with van der Waals surface area (Å²) < 4.78 is 5.39. The van der Waals surface area contributed by atoms with Crippen LogP contribution < -0.4 is 5.32 Å². The molecule has 0 spiro atoms. The summed E-state index contributed by atoms with van der Waals surface area (Å²) >= 11 is 0. The molecule has 2 saturated heterocycles. The molecule has 24 heavy (non-hydrogen) atoms. The Morgan fingerprint density at radius 2 is 1.67 bits per heavy atom. The molecule has 0 amide bonds. The number of rotatable bonds is 6. The number of nitrogens with zero attached hydrogens (tertiary/aromatic N) is 2. The lowest BCUT2D eigenvalue weighted by atomic mass is 9.92. The monoisotopic (exact) mass is 339 g/mol. The van der Waals surface area contributed by atoms with Gasteiger partial charge in [0.25, 0.3) is 0 Å². The van der Waals surface area contributed by atoms with Gasteiger partial charge in [-0.15, -0.1) is 0 Å². The number of nitrogens with one attached hydrogen (secondary N) is 1. The van der Waals surface area contributed by atoms with Crippen molar-refractivity contribution in [2.45, 2.75) is 69.6 Å². The molecular formula is C19H37N3O2. The second-order valence-corrected chi connectivity index (χ2v) is 8.37. The van der Waals surface area contributed by atoms with Gasteiger partial charge in [-0.2, -0.15) is 0 Å². The van der Waals surface area contributed by atoms with E-state index in [1.54, 1.807) is 0 Å². The van der Waals surface area contributed by atoms with E-state index >= 15 is 0 Å². The van der Waals surface area contributed by atoms with Gasteiger partial charge in [-0.3, -0.25) is 4.90 Å². The van der Waals surface area contributed by atoms with Gasteiger partial charge in [-0.25, -0.2) is 0 Å². The quantitative estimate of drug-likeness (QED) is 0.767. The average Bonchev–Trinajstić information content (AvgIpc) is 2.62. The Bertz CT molecular complexity index is 358. The highest BCUT2D eigenvalue weighted by Crippen LogP contribution is 2.25. The molecule has 5 heteroatoms. The van der Waals surface area contributed by atoms with Crippen LogP contribution in [0, 0.1) is 0 Å². The van der Waals surface area contributed by atoms with Crippen molar-refractivity contribution in [2.75, 3.05) is 52.5 Å². The van der Waals surface area contributed by atoms with Crippen LogP contribution in [-0.2, 0) is 4.74 Å². The zero-order valence-electron chi connectivity index (χ0n) is 15.5. The minimum absolute atomic E-state index is 0.570. The predicted molar refractivity (Wildman–Crippen MR) is 97.4 cm³/mol. The first-order valence-electron chi connectivity index (χ1n) is 10.1. The molecule has 1 aliphatic carbocycles. The Balaban J connectivity index is 1.34. The minimum atomic E-state index is -0.655. The van der Waals surface area contributed by atoms with Crippen LogP contribution in [-0.4, -0.2) is 85.1 Å². The number of aliphatic hydroxyl groups is 1. The van der Waals surface area contributed by atoms with Crippen LogP contribution in [0.3, 0.4) is 0 Å². The highest BCUT2D eigenvalue weighted by Gasteiger charge is 2.29. The highest BCUT2D eigenvalue weighted by atomic mass is 16.5. The third-order valence-corrected chi connectivity index (χ3v) is 6.06. The molecule has 3 aliphatic rings. The summed E-state index contributed by atoms with van der Waals surface area (Å²) in [7, 11) is 0. The number of morpholine rings is 1. The van der Waals surface area contributed by atoms with E-state index in [0.717, 1.165) is 38.9 Å². The van der Waals surface area contributed by atoms with Gasteiger partial charge in [0.1, 0.15) is 0 Å². The lowest BCUT2D eigenvalue weighted by Crippen LogP contribution is -2.54. The molecule has 0 aromatic carbocycles. The van der Waals surface area contributed by atoms with Crippen molar-refractivity contribution >= 4 is 0 Å². The Morgan fingerprint density at radius 3 is 2.33 bits per heavy atom. The van der Waals surface area contributed by atoms with Gasteiger partial charge in [-0.1, -0.05) is 19.3 Å². The van der Waals surface area contributed by atoms with Crippen LogP contribution in [0.25, 0.3) is 0 Å². The Morgan fingerprint density at radius 1 is 1.00 bits per heavy atom. The first-order valence-corrected chi connectivity index (χ1v) is 10.1. The van der Waals surface area contributed by atoms with Gasteiger partial charge in [-0.05, 0) is 45.7 Å². The van der Waals surface area contributed by atoms with Gasteiger partial charge >= 0.3 is 0 Å². The lowest BCUT2D eigenvalue weighted by Gasteiger charge is -2.40. The average molecular weight is 340 g/mol. The van der Waals surface area contributed by atoms with Gasteiger partial charge in [0.05, 0.1) is 18.8 Å². The van der Waals surface area contributed by atoms with Crippen molar-refractivity contribution in [2.24, 2.45) is 0 Å². The van der Waals surface area contributed by atoms with Gasteiger partial charge < -0.3 is 20.1 Å². The summed E-state index contributed by atoms with van der Waals surface area (Å²) in [5.41, 5.74) is -0.655. The number of likely N-dealkylation sites (tertiary alicyclic amines) is 1. The molecule has 2 heterocycles. The normalized spacial score (nSPS) is 28.8. The molecule has 0 aromatic heterocycles. The van der Waals surface area contributed by atoms with Crippen LogP contribution >= 0.6 is 0 Å². The molecule has 2 aliphatic heterocycles. The van der Waals surface area contributed by atoms with Gasteiger partial charge in [0.2, 0.25) is 0 Å². The van der Waals surface area contributed by atoms with Crippen LogP contribution in [0.2, 0.25) is 0 Å². The van der Waals surface area contributed by atoms with E-state index in [0.29, 0.717) is 12.6 Å². The SMILES string of the molecule is CC(O)(CNC1CCN(C2CCCCC2)CC1)CN1CCOCC1. The second-order valence-electron chi connectivity index (χ2n) is 8.37. The van der Waals surface area contributed by atoms with Crippen LogP contribution in [0.15, 0.2) is 0 Å². The first kappa shape index (κ1) is 18.6. The van der Waals surface area contributed by atoms with E-state index < -0.39 is 5.60 Å². The molecule has 5 nitrogen and oxygen atoms in total. The number of hydrogen-bond donors (Lipinski definition) is 2. The summed E-state index contributed by atoms with van der Waals surface area (Å²) in [4.78, 5) is 5.04. The van der Waals surface area contributed by atoms with E-state index in [9.17, 15) is 5.11 Å². The van der Waals surface area contributed by atoms with Crippen molar-refractivity contribution in [1.82, 2.24) is 15.1 Å². The molecule has 0 radical (unpaired) electrons. The summed E-state index contributed by atoms with van der Waals surface area (Å²) in [6, 6.07) is 1.42. The zero-order valence-corrected chi connectivity index (χ0v) is 15.5. The summed E-state index contributed by atoms with van der Waals surface area (Å²) in [6.07, 6.45) is 9.56. The van der Waals surface area contributed by atoms with Crippen molar-refractivity contribution in [3.63, 3.8) is 0 Å². The molecule has 1 saturated carbocycles. The predicted octanol–water partition coefficient (Wildman–Crippen LogP) is 1.46. The Hall–Kier alpha value is -0.200. The fourth-order valence-electron chi connectivity index (χ4n) is 4.58. The zero-order chi connectivity index (χ0) is 16.8. The van der Waals surface area contributed by atoms with E-state index in [4.69, 9.17) is 4.74 Å². The maximum atomic E-state index is 10.7. The van der Waals surface area contributed by atoms with Crippen LogP contribution in [0.4, 0.5) is 0 Å². The molecule has 0 bridgehead atoms.